The first kappa shape index (κ1) is 33.7. The van der Waals surface area contributed by atoms with Crippen LogP contribution in [0.1, 0.15) is 36.5 Å². The van der Waals surface area contributed by atoms with Gasteiger partial charge < -0.3 is 10.2 Å². The summed E-state index contributed by atoms with van der Waals surface area (Å²) >= 11 is 6.42. The van der Waals surface area contributed by atoms with Crippen molar-refractivity contribution in [2.75, 3.05) is 17.4 Å². The number of hydrogen-bond donors (Lipinski definition) is 1. The zero-order valence-electron chi connectivity index (χ0n) is 25.3. The van der Waals surface area contributed by atoms with Crippen LogP contribution in [-0.2, 0) is 32.6 Å². The van der Waals surface area contributed by atoms with E-state index in [1.807, 2.05) is 37.3 Å². The number of nitrogens with one attached hydrogen (secondary N) is 1. The van der Waals surface area contributed by atoms with E-state index in [0.717, 1.165) is 28.3 Å². The van der Waals surface area contributed by atoms with Gasteiger partial charge in [-0.2, -0.15) is 0 Å². The van der Waals surface area contributed by atoms with E-state index < -0.39 is 34.3 Å². The Balaban J connectivity index is 1.79. The molecule has 2 amide bonds. The van der Waals surface area contributed by atoms with Crippen molar-refractivity contribution in [3.05, 3.63) is 131 Å². The predicted octanol–water partition coefficient (Wildman–Crippen LogP) is 6.54. The lowest BCUT2D eigenvalue weighted by molar-refractivity contribution is -0.140. The highest BCUT2D eigenvalue weighted by Gasteiger charge is 2.34. The molecular weight excluding hydrogens is 613 g/mol. The number of benzene rings is 4. The molecule has 0 bridgehead atoms. The number of carbonyl (C=O) groups excluding carboxylic acids is 2. The van der Waals surface area contributed by atoms with Gasteiger partial charge in [0.25, 0.3) is 10.0 Å². The molecule has 0 saturated carbocycles. The zero-order chi connectivity index (χ0) is 32.4. The fourth-order valence-corrected chi connectivity index (χ4v) is 6.43. The number of amides is 2. The Hall–Kier alpha value is -4.21. The molecule has 4 aromatic carbocycles. The number of halogens is 2. The molecule has 0 aromatic heterocycles. The number of sulfonamides is 1. The fraction of sp³-hybridized carbons (Fsp3) is 0.257. The maximum Gasteiger partial charge on any atom is 0.264 e. The van der Waals surface area contributed by atoms with Crippen molar-refractivity contribution in [2.45, 2.75) is 50.6 Å². The highest BCUT2D eigenvalue weighted by molar-refractivity contribution is 7.92. The summed E-state index contributed by atoms with van der Waals surface area (Å²) in [4.78, 5) is 29.6. The first-order chi connectivity index (χ1) is 21.6. The lowest BCUT2D eigenvalue weighted by Crippen LogP contribution is -2.53. The van der Waals surface area contributed by atoms with Crippen LogP contribution in [-0.4, -0.2) is 44.3 Å². The standard InChI is InChI=1S/C35H37ClFN3O4S/c1-3-4-21-38-35(42)33(22-27-11-7-5-8-12-27)39(24-28-16-18-29(37)19-17-28)34(41)25-40(30-20-15-26(2)32(36)23-30)45(43,44)31-13-9-6-10-14-31/h5-20,23,33H,3-4,21-22,24-25H2,1-2H3,(H,38,42)/t33-/m1/s1. The topological polar surface area (TPSA) is 86.8 Å². The molecule has 1 N–H and O–H groups in total. The van der Waals surface area contributed by atoms with Gasteiger partial charge in [-0.1, -0.05) is 91.7 Å². The molecule has 0 aliphatic rings. The van der Waals surface area contributed by atoms with Gasteiger partial charge in [0, 0.05) is 24.5 Å². The van der Waals surface area contributed by atoms with Crippen LogP contribution in [0, 0.1) is 12.7 Å². The highest BCUT2D eigenvalue weighted by Crippen LogP contribution is 2.29. The zero-order valence-corrected chi connectivity index (χ0v) is 26.9. The summed E-state index contributed by atoms with van der Waals surface area (Å²) in [5.41, 5.74) is 2.36. The maximum absolute atomic E-state index is 14.4. The average molecular weight is 650 g/mol. The van der Waals surface area contributed by atoms with Crippen LogP contribution in [0.2, 0.25) is 5.02 Å². The van der Waals surface area contributed by atoms with Gasteiger partial charge in [-0.05, 0) is 66.4 Å². The third-order valence-corrected chi connectivity index (χ3v) is 9.62. The first-order valence-electron chi connectivity index (χ1n) is 14.8. The fourth-order valence-electron chi connectivity index (χ4n) is 4.83. The number of carbonyl (C=O) groups is 2. The van der Waals surface area contributed by atoms with Gasteiger partial charge in [-0.3, -0.25) is 13.9 Å². The summed E-state index contributed by atoms with van der Waals surface area (Å²) in [7, 11) is -4.24. The van der Waals surface area contributed by atoms with Gasteiger partial charge in [-0.15, -0.1) is 0 Å². The van der Waals surface area contributed by atoms with E-state index in [0.29, 0.717) is 17.1 Å². The second kappa shape index (κ2) is 15.7. The number of aryl methyl sites for hydroxylation is 1. The molecule has 45 heavy (non-hydrogen) atoms. The molecule has 7 nitrogen and oxygen atoms in total. The summed E-state index contributed by atoms with van der Waals surface area (Å²) in [6, 6.07) is 26.6. The van der Waals surface area contributed by atoms with Gasteiger partial charge >= 0.3 is 0 Å². The lowest BCUT2D eigenvalue weighted by Gasteiger charge is -2.34. The monoisotopic (exact) mass is 649 g/mol. The summed E-state index contributed by atoms with van der Waals surface area (Å²) in [6.45, 7) is 3.58. The molecule has 10 heteroatoms. The molecule has 0 heterocycles. The van der Waals surface area contributed by atoms with E-state index in [1.165, 1.54) is 35.2 Å². The SMILES string of the molecule is CCCCNC(=O)[C@@H](Cc1ccccc1)N(Cc1ccc(F)cc1)C(=O)CN(c1ccc(C)c(Cl)c1)S(=O)(=O)c1ccccc1. The molecule has 0 aliphatic heterocycles. The van der Waals surface area contributed by atoms with Gasteiger partial charge in [0.2, 0.25) is 11.8 Å². The average Bonchev–Trinajstić information content (AvgIpc) is 3.04. The Kier molecular flexibility index (Phi) is 11.7. The molecule has 236 valence electrons. The Morgan fingerprint density at radius 2 is 1.53 bits per heavy atom. The Bertz CT molecular complexity index is 1690. The van der Waals surface area contributed by atoms with E-state index in [1.54, 1.807) is 49.4 Å². The van der Waals surface area contributed by atoms with Crippen molar-refractivity contribution < 1.29 is 22.4 Å². The van der Waals surface area contributed by atoms with Crippen molar-refractivity contribution >= 4 is 39.1 Å². The van der Waals surface area contributed by atoms with E-state index in [2.05, 4.69) is 5.32 Å². The molecule has 0 unspecified atom stereocenters. The van der Waals surface area contributed by atoms with Crippen LogP contribution in [0.25, 0.3) is 0 Å². The predicted molar refractivity (Wildman–Crippen MR) is 176 cm³/mol. The van der Waals surface area contributed by atoms with Gasteiger partial charge in [0.1, 0.15) is 18.4 Å². The minimum Gasteiger partial charge on any atom is -0.354 e. The minimum absolute atomic E-state index is 0.00211. The summed E-state index contributed by atoms with van der Waals surface area (Å²) < 4.78 is 42.9. The van der Waals surface area contributed by atoms with Crippen molar-refractivity contribution in [3.8, 4) is 0 Å². The van der Waals surface area contributed by atoms with E-state index >= 15 is 0 Å². The second-order valence-corrected chi connectivity index (χ2v) is 13.0. The first-order valence-corrected chi connectivity index (χ1v) is 16.6. The van der Waals surface area contributed by atoms with Gasteiger partial charge in [-0.25, -0.2) is 12.8 Å². The number of nitrogens with zero attached hydrogens (tertiary/aromatic N) is 2. The molecular formula is C35H37ClFN3O4S. The second-order valence-electron chi connectivity index (χ2n) is 10.8. The van der Waals surface area contributed by atoms with Crippen LogP contribution in [0.3, 0.4) is 0 Å². The molecule has 0 saturated heterocycles. The van der Waals surface area contributed by atoms with Crippen LogP contribution in [0.15, 0.2) is 108 Å². The van der Waals surface area contributed by atoms with Crippen molar-refractivity contribution in [2.24, 2.45) is 0 Å². The lowest BCUT2D eigenvalue weighted by atomic mass is 10.0. The maximum atomic E-state index is 14.4. The van der Waals surface area contributed by atoms with Crippen molar-refractivity contribution in [1.82, 2.24) is 10.2 Å². The highest BCUT2D eigenvalue weighted by atomic mass is 35.5. The summed E-state index contributed by atoms with van der Waals surface area (Å²) in [5.74, 6) is -1.41. The van der Waals surface area contributed by atoms with E-state index in [-0.39, 0.29) is 29.5 Å². The number of unbranched alkanes of at least 4 members (excludes halogenated alkanes) is 1. The number of hydrogen-bond acceptors (Lipinski definition) is 4. The van der Waals surface area contributed by atoms with Crippen LogP contribution in [0.4, 0.5) is 10.1 Å². The summed E-state index contributed by atoms with van der Waals surface area (Å²) in [6.07, 6.45) is 1.81. The van der Waals surface area contributed by atoms with Crippen LogP contribution >= 0.6 is 11.6 Å². The normalized spacial score (nSPS) is 11.9. The third kappa shape index (κ3) is 8.93. The molecule has 0 spiro atoms. The van der Waals surface area contributed by atoms with Crippen molar-refractivity contribution in [3.63, 3.8) is 0 Å². The third-order valence-electron chi connectivity index (χ3n) is 7.42. The molecule has 0 fully saturated rings. The summed E-state index contributed by atoms with van der Waals surface area (Å²) in [5, 5.41) is 3.29. The molecule has 0 radical (unpaired) electrons. The molecule has 0 aliphatic carbocycles. The Labute approximate surface area is 269 Å². The minimum atomic E-state index is -4.24. The number of anilines is 1. The Morgan fingerprint density at radius 1 is 0.889 bits per heavy atom. The van der Waals surface area contributed by atoms with E-state index in [9.17, 15) is 22.4 Å². The number of rotatable bonds is 14. The van der Waals surface area contributed by atoms with E-state index in [4.69, 9.17) is 11.6 Å². The van der Waals surface area contributed by atoms with Crippen molar-refractivity contribution in [1.29, 1.82) is 0 Å². The van der Waals surface area contributed by atoms with Gasteiger partial charge in [0.15, 0.2) is 0 Å². The van der Waals surface area contributed by atoms with Crippen LogP contribution in [0.5, 0.6) is 0 Å². The Morgan fingerprint density at radius 3 is 2.16 bits per heavy atom. The smallest absolute Gasteiger partial charge is 0.264 e. The molecule has 4 rings (SSSR count). The van der Waals surface area contributed by atoms with Gasteiger partial charge in [0.05, 0.1) is 10.6 Å². The van der Waals surface area contributed by atoms with Crippen LogP contribution < -0.4 is 9.62 Å². The molecule has 1 atom stereocenters. The quantitative estimate of drug-likeness (QED) is 0.157. The largest absolute Gasteiger partial charge is 0.354 e. The molecule has 4 aromatic rings.